The number of amides is 1. The molecule has 1 aromatic carbocycles. The Hall–Kier alpha value is -2.63. The SMILES string of the molecule is Cc1cc(F)cc(Nc2cnc(N)cc2C(N)=O)c1. The number of primary amides is 1. The summed E-state index contributed by atoms with van der Waals surface area (Å²) in [6.45, 7) is 1.77. The number of carbonyl (C=O) groups excluding carboxylic acids is 1. The van der Waals surface area contributed by atoms with Crippen LogP contribution in [0.1, 0.15) is 15.9 Å². The number of nitrogens with zero attached hydrogens (tertiary/aromatic N) is 1. The summed E-state index contributed by atoms with van der Waals surface area (Å²) < 4.78 is 13.3. The topological polar surface area (TPSA) is 94.0 Å². The molecule has 5 N–H and O–H groups in total. The van der Waals surface area contributed by atoms with Crippen LogP contribution in [-0.4, -0.2) is 10.9 Å². The highest BCUT2D eigenvalue weighted by atomic mass is 19.1. The van der Waals surface area contributed by atoms with Crippen LogP contribution in [0.3, 0.4) is 0 Å². The first-order valence-electron chi connectivity index (χ1n) is 5.55. The molecule has 0 aliphatic carbocycles. The lowest BCUT2D eigenvalue weighted by molar-refractivity contribution is 0.100. The maximum Gasteiger partial charge on any atom is 0.251 e. The van der Waals surface area contributed by atoms with Crippen LogP contribution in [-0.2, 0) is 0 Å². The summed E-state index contributed by atoms with van der Waals surface area (Å²) in [4.78, 5) is 15.2. The minimum Gasteiger partial charge on any atom is -0.384 e. The quantitative estimate of drug-likeness (QED) is 0.786. The largest absolute Gasteiger partial charge is 0.384 e. The van der Waals surface area contributed by atoms with Gasteiger partial charge in [-0.15, -0.1) is 0 Å². The number of nitrogen functional groups attached to an aromatic ring is 1. The molecule has 98 valence electrons. The molecule has 0 saturated heterocycles. The van der Waals surface area contributed by atoms with Crippen molar-refractivity contribution in [3.05, 3.63) is 47.4 Å². The van der Waals surface area contributed by atoms with E-state index in [9.17, 15) is 9.18 Å². The van der Waals surface area contributed by atoms with Gasteiger partial charge in [-0.3, -0.25) is 4.79 Å². The molecule has 5 nitrogen and oxygen atoms in total. The van der Waals surface area contributed by atoms with E-state index in [1.165, 1.54) is 24.4 Å². The maximum absolute atomic E-state index is 13.3. The molecule has 0 unspecified atom stereocenters. The average Bonchev–Trinajstić information content (AvgIpc) is 2.30. The van der Waals surface area contributed by atoms with Gasteiger partial charge >= 0.3 is 0 Å². The summed E-state index contributed by atoms with van der Waals surface area (Å²) in [7, 11) is 0. The van der Waals surface area contributed by atoms with E-state index in [1.54, 1.807) is 13.0 Å². The fourth-order valence-electron chi connectivity index (χ4n) is 1.74. The second kappa shape index (κ2) is 4.93. The van der Waals surface area contributed by atoms with Crippen LogP contribution in [0.25, 0.3) is 0 Å². The predicted octanol–water partition coefficient (Wildman–Crippen LogP) is 1.95. The zero-order valence-corrected chi connectivity index (χ0v) is 10.3. The Morgan fingerprint density at radius 3 is 2.68 bits per heavy atom. The summed E-state index contributed by atoms with van der Waals surface area (Å²) in [5.74, 6) is -0.814. The van der Waals surface area contributed by atoms with Gasteiger partial charge in [0, 0.05) is 5.69 Å². The molecule has 1 aromatic heterocycles. The van der Waals surface area contributed by atoms with Crippen LogP contribution in [0.15, 0.2) is 30.5 Å². The summed E-state index contributed by atoms with van der Waals surface area (Å²) in [6, 6.07) is 5.83. The van der Waals surface area contributed by atoms with Gasteiger partial charge in [-0.25, -0.2) is 9.37 Å². The predicted molar refractivity (Wildman–Crippen MR) is 71.6 cm³/mol. The van der Waals surface area contributed by atoms with Crippen LogP contribution in [0, 0.1) is 12.7 Å². The highest BCUT2D eigenvalue weighted by molar-refractivity contribution is 5.99. The zero-order valence-electron chi connectivity index (χ0n) is 10.3. The summed E-state index contributed by atoms with van der Waals surface area (Å²) >= 11 is 0. The smallest absolute Gasteiger partial charge is 0.251 e. The number of nitrogens with one attached hydrogen (secondary N) is 1. The molecule has 0 radical (unpaired) electrons. The van der Waals surface area contributed by atoms with Crippen LogP contribution in [0.4, 0.5) is 21.6 Å². The number of nitrogens with two attached hydrogens (primary N) is 2. The maximum atomic E-state index is 13.3. The first kappa shape index (κ1) is 12.8. The monoisotopic (exact) mass is 260 g/mol. The van der Waals surface area contributed by atoms with Crippen molar-refractivity contribution in [2.45, 2.75) is 6.92 Å². The number of pyridine rings is 1. The van der Waals surface area contributed by atoms with Gasteiger partial charge < -0.3 is 16.8 Å². The molecule has 19 heavy (non-hydrogen) atoms. The fraction of sp³-hybridized carbons (Fsp3) is 0.0769. The Morgan fingerprint density at radius 2 is 2.05 bits per heavy atom. The molecule has 1 heterocycles. The minimum absolute atomic E-state index is 0.190. The summed E-state index contributed by atoms with van der Waals surface area (Å²) in [5, 5.41) is 2.90. The standard InChI is InChI=1S/C13H13FN4O/c1-7-2-8(14)4-9(3-7)18-11-6-17-12(15)5-10(11)13(16)19/h2-6,18H,1H3,(H2,15,17)(H2,16,19). The molecule has 0 aliphatic rings. The van der Waals surface area contributed by atoms with Crippen molar-refractivity contribution in [3.63, 3.8) is 0 Å². The lowest BCUT2D eigenvalue weighted by Crippen LogP contribution is -2.14. The van der Waals surface area contributed by atoms with Crippen molar-refractivity contribution >= 4 is 23.1 Å². The van der Waals surface area contributed by atoms with Crippen LogP contribution in [0.5, 0.6) is 0 Å². The van der Waals surface area contributed by atoms with E-state index < -0.39 is 5.91 Å². The van der Waals surface area contributed by atoms with Gasteiger partial charge in [0.25, 0.3) is 5.91 Å². The first-order valence-corrected chi connectivity index (χ1v) is 5.55. The van der Waals surface area contributed by atoms with Gasteiger partial charge in [0.2, 0.25) is 0 Å². The van der Waals surface area contributed by atoms with Crippen molar-refractivity contribution in [1.29, 1.82) is 0 Å². The normalized spacial score (nSPS) is 10.2. The fourth-order valence-corrected chi connectivity index (χ4v) is 1.74. The Balaban J connectivity index is 2.40. The second-order valence-electron chi connectivity index (χ2n) is 4.16. The van der Waals surface area contributed by atoms with E-state index in [2.05, 4.69) is 10.3 Å². The molecule has 6 heteroatoms. The van der Waals surface area contributed by atoms with Gasteiger partial charge in [0.1, 0.15) is 11.6 Å². The van der Waals surface area contributed by atoms with Crippen molar-refractivity contribution in [3.8, 4) is 0 Å². The lowest BCUT2D eigenvalue weighted by Gasteiger charge is -2.11. The van der Waals surface area contributed by atoms with Gasteiger partial charge in [-0.1, -0.05) is 0 Å². The average molecular weight is 260 g/mol. The van der Waals surface area contributed by atoms with E-state index in [-0.39, 0.29) is 17.2 Å². The third-order valence-electron chi connectivity index (χ3n) is 2.51. The van der Waals surface area contributed by atoms with Gasteiger partial charge in [-0.05, 0) is 36.8 Å². The Labute approximate surface area is 109 Å². The first-order chi connectivity index (χ1) is 8.95. The van der Waals surface area contributed by atoms with E-state index >= 15 is 0 Å². The number of anilines is 3. The Kier molecular flexibility index (Phi) is 3.33. The summed E-state index contributed by atoms with van der Waals surface area (Å²) in [5.41, 5.74) is 12.6. The van der Waals surface area contributed by atoms with Crippen LogP contribution >= 0.6 is 0 Å². The van der Waals surface area contributed by atoms with E-state index in [0.717, 1.165) is 5.56 Å². The number of hydrogen-bond donors (Lipinski definition) is 3. The lowest BCUT2D eigenvalue weighted by atomic mass is 10.1. The number of halogens is 1. The Bertz CT molecular complexity index is 622. The number of rotatable bonds is 3. The van der Waals surface area contributed by atoms with Crippen molar-refractivity contribution in [1.82, 2.24) is 4.98 Å². The van der Waals surface area contributed by atoms with Gasteiger partial charge in [0.15, 0.2) is 0 Å². The van der Waals surface area contributed by atoms with Crippen molar-refractivity contribution in [2.24, 2.45) is 5.73 Å². The molecule has 2 aromatic rings. The Morgan fingerprint density at radius 1 is 1.32 bits per heavy atom. The molecule has 0 aliphatic heterocycles. The van der Waals surface area contributed by atoms with E-state index in [4.69, 9.17) is 11.5 Å². The molecular weight excluding hydrogens is 247 g/mol. The second-order valence-corrected chi connectivity index (χ2v) is 4.16. The summed E-state index contributed by atoms with van der Waals surface area (Å²) in [6.07, 6.45) is 1.38. The van der Waals surface area contributed by atoms with E-state index in [1.807, 2.05) is 0 Å². The van der Waals surface area contributed by atoms with Crippen LogP contribution in [0.2, 0.25) is 0 Å². The highest BCUT2D eigenvalue weighted by Crippen LogP contribution is 2.22. The number of carbonyl (C=O) groups is 1. The molecule has 0 bridgehead atoms. The van der Waals surface area contributed by atoms with E-state index in [0.29, 0.717) is 11.4 Å². The highest BCUT2D eigenvalue weighted by Gasteiger charge is 2.10. The number of benzene rings is 1. The molecule has 0 saturated carbocycles. The van der Waals surface area contributed by atoms with Gasteiger partial charge in [0.05, 0.1) is 17.4 Å². The third-order valence-corrected chi connectivity index (χ3v) is 2.51. The molecule has 0 spiro atoms. The van der Waals surface area contributed by atoms with Crippen molar-refractivity contribution < 1.29 is 9.18 Å². The molecular formula is C13H13FN4O. The zero-order chi connectivity index (χ0) is 14.0. The molecule has 0 atom stereocenters. The van der Waals surface area contributed by atoms with Crippen LogP contribution < -0.4 is 16.8 Å². The number of aryl methyl sites for hydroxylation is 1. The third kappa shape index (κ3) is 2.98. The minimum atomic E-state index is -0.635. The van der Waals surface area contributed by atoms with Gasteiger partial charge in [-0.2, -0.15) is 0 Å². The molecule has 1 amide bonds. The number of hydrogen-bond acceptors (Lipinski definition) is 4. The molecule has 2 rings (SSSR count). The van der Waals surface area contributed by atoms with Crippen molar-refractivity contribution in [2.75, 3.05) is 11.1 Å². The molecule has 0 fully saturated rings. The number of aromatic nitrogens is 1.